The maximum absolute atomic E-state index is 12.6. The van der Waals surface area contributed by atoms with Crippen molar-refractivity contribution in [2.45, 2.75) is 51.9 Å². The summed E-state index contributed by atoms with van der Waals surface area (Å²) in [5, 5.41) is 0. The van der Waals surface area contributed by atoms with Crippen LogP contribution in [0.1, 0.15) is 46.0 Å². The third kappa shape index (κ3) is 2.76. The van der Waals surface area contributed by atoms with Crippen molar-refractivity contribution in [3.63, 3.8) is 0 Å². The zero-order chi connectivity index (χ0) is 8.54. The highest BCUT2D eigenvalue weighted by atomic mass is 19.3. The van der Waals surface area contributed by atoms with Crippen molar-refractivity contribution in [2.24, 2.45) is 5.41 Å². The first-order chi connectivity index (χ1) is 4.97. The van der Waals surface area contributed by atoms with Gasteiger partial charge >= 0.3 is 0 Å². The molecule has 1 saturated carbocycles. The van der Waals surface area contributed by atoms with E-state index < -0.39 is 5.92 Å². The summed E-state index contributed by atoms with van der Waals surface area (Å²) >= 11 is 0. The van der Waals surface area contributed by atoms with Gasteiger partial charge in [0.25, 0.3) is 0 Å². The zero-order valence-electron chi connectivity index (χ0n) is 7.29. The van der Waals surface area contributed by atoms with Crippen LogP contribution >= 0.6 is 0 Å². The Balaban J connectivity index is 2.35. The number of alkyl halides is 2. The van der Waals surface area contributed by atoms with Crippen LogP contribution in [0.25, 0.3) is 0 Å². The molecule has 66 valence electrons. The van der Waals surface area contributed by atoms with E-state index in [1.807, 2.05) is 0 Å². The molecule has 2 heteroatoms. The molecule has 0 aromatic carbocycles. The molecule has 11 heavy (non-hydrogen) atoms. The quantitative estimate of drug-likeness (QED) is 0.592. The zero-order valence-corrected chi connectivity index (χ0v) is 7.29. The Kier molecular flexibility index (Phi) is 2.22. The van der Waals surface area contributed by atoms with Crippen molar-refractivity contribution in [3.8, 4) is 0 Å². The van der Waals surface area contributed by atoms with Crippen molar-refractivity contribution < 1.29 is 8.78 Å². The Labute approximate surface area is 67.0 Å². The van der Waals surface area contributed by atoms with Gasteiger partial charge in [-0.25, -0.2) is 8.78 Å². The largest absolute Gasteiger partial charge is 0.245 e. The maximum Gasteiger partial charge on any atom is 0.245 e. The van der Waals surface area contributed by atoms with Crippen molar-refractivity contribution in [1.82, 2.24) is 0 Å². The molecule has 1 aliphatic rings. The van der Waals surface area contributed by atoms with E-state index in [0.717, 1.165) is 32.6 Å². The first-order valence-corrected chi connectivity index (χ1v) is 4.35. The molecule has 1 aliphatic carbocycles. The molecule has 0 saturated heterocycles. The molecule has 0 amide bonds. The first-order valence-electron chi connectivity index (χ1n) is 4.35. The SMILES string of the molecule is CCCC1(CC(C)(F)F)CC1. The van der Waals surface area contributed by atoms with Crippen LogP contribution in [-0.4, -0.2) is 5.92 Å². The van der Waals surface area contributed by atoms with Crippen molar-refractivity contribution >= 4 is 0 Å². The van der Waals surface area contributed by atoms with E-state index in [4.69, 9.17) is 0 Å². The Morgan fingerprint density at radius 3 is 2.18 bits per heavy atom. The highest BCUT2D eigenvalue weighted by molar-refractivity contribution is 4.95. The second-order valence-electron chi connectivity index (χ2n) is 4.00. The Hall–Kier alpha value is -0.140. The molecule has 0 aromatic heterocycles. The number of hydrogen-bond acceptors (Lipinski definition) is 0. The fraction of sp³-hybridized carbons (Fsp3) is 1.00. The van der Waals surface area contributed by atoms with Crippen LogP contribution in [0, 0.1) is 5.41 Å². The fourth-order valence-corrected chi connectivity index (χ4v) is 1.88. The van der Waals surface area contributed by atoms with E-state index in [1.165, 1.54) is 0 Å². The molecule has 0 unspecified atom stereocenters. The number of hydrogen-bond donors (Lipinski definition) is 0. The summed E-state index contributed by atoms with van der Waals surface area (Å²) in [6.07, 6.45) is 4.16. The van der Waals surface area contributed by atoms with Crippen molar-refractivity contribution in [3.05, 3.63) is 0 Å². The van der Waals surface area contributed by atoms with E-state index in [2.05, 4.69) is 6.92 Å². The minimum absolute atomic E-state index is 0.0347. The minimum atomic E-state index is -2.45. The van der Waals surface area contributed by atoms with Gasteiger partial charge in [-0.1, -0.05) is 13.3 Å². The molecular weight excluding hydrogens is 146 g/mol. The van der Waals surface area contributed by atoms with Crippen LogP contribution in [0.3, 0.4) is 0 Å². The molecule has 0 aromatic rings. The summed E-state index contributed by atoms with van der Waals surface area (Å²) in [5.41, 5.74) is 0.0347. The smallest absolute Gasteiger partial charge is 0.207 e. The van der Waals surface area contributed by atoms with Crippen molar-refractivity contribution in [2.75, 3.05) is 0 Å². The summed E-state index contributed by atoms with van der Waals surface area (Å²) in [6.45, 7) is 3.09. The van der Waals surface area contributed by atoms with Crippen LogP contribution in [0.4, 0.5) is 8.78 Å². The van der Waals surface area contributed by atoms with E-state index in [0.29, 0.717) is 0 Å². The predicted molar refractivity (Wildman–Crippen MR) is 41.8 cm³/mol. The van der Waals surface area contributed by atoms with Gasteiger partial charge in [-0.2, -0.15) is 0 Å². The molecule has 0 atom stereocenters. The van der Waals surface area contributed by atoms with Crippen LogP contribution in [-0.2, 0) is 0 Å². The normalized spacial score (nSPS) is 21.8. The van der Waals surface area contributed by atoms with Gasteiger partial charge < -0.3 is 0 Å². The number of rotatable bonds is 4. The summed E-state index contributed by atoms with van der Waals surface area (Å²) in [4.78, 5) is 0. The predicted octanol–water partition coefficient (Wildman–Crippen LogP) is 3.61. The van der Waals surface area contributed by atoms with Crippen molar-refractivity contribution in [1.29, 1.82) is 0 Å². The van der Waals surface area contributed by atoms with Gasteiger partial charge in [0.15, 0.2) is 0 Å². The average molecular weight is 162 g/mol. The van der Waals surface area contributed by atoms with Crippen LogP contribution < -0.4 is 0 Å². The highest BCUT2D eigenvalue weighted by Crippen LogP contribution is 2.55. The molecule has 1 rings (SSSR count). The van der Waals surface area contributed by atoms with Gasteiger partial charge in [-0.3, -0.25) is 0 Å². The lowest BCUT2D eigenvalue weighted by Gasteiger charge is -2.18. The van der Waals surface area contributed by atoms with Gasteiger partial charge in [0, 0.05) is 6.42 Å². The molecule has 0 bridgehead atoms. The lowest BCUT2D eigenvalue weighted by molar-refractivity contribution is -0.00955. The van der Waals surface area contributed by atoms with Gasteiger partial charge in [0.2, 0.25) is 5.92 Å². The van der Waals surface area contributed by atoms with E-state index >= 15 is 0 Å². The lowest BCUT2D eigenvalue weighted by atomic mass is 9.93. The van der Waals surface area contributed by atoms with Gasteiger partial charge in [-0.15, -0.1) is 0 Å². The van der Waals surface area contributed by atoms with E-state index in [-0.39, 0.29) is 11.8 Å². The molecular formula is C9H16F2. The summed E-state index contributed by atoms with van der Waals surface area (Å²) in [7, 11) is 0. The summed E-state index contributed by atoms with van der Waals surface area (Å²) < 4.78 is 25.2. The third-order valence-electron chi connectivity index (χ3n) is 2.42. The standard InChI is InChI=1S/C9H16F2/c1-3-4-9(5-6-9)7-8(2,10)11/h3-7H2,1-2H3. The maximum atomic E-state index is 12.6. The van der Waals surface area contributed by atoms with Crippen LogP contribution in [0.2, 0.25) is 0 Å². The Morgan fingerprint density at radius 1 is 1.36 bits per heavy atom. The lowest BCUT2D eigenvalue weighted by Crippen LogP contribution is -2.17. The van der Waals surface area contributed by atoms with E-state index in [9.17, 15) is 8.78 Å². The highest BCUT2D eigenvalue weighted by Gasteiger charge is 2.47. The molecule has 0 radical (unpaired) electrons. The second-order valence-corrected chi connectivity index (χ2v) is 4.00. The summed E-state index contributed by atoms with van der Waals surface area (Å²) in [6, 6.07) is 0. The average Bonchev–Trinajstić information content (AvgIpc) is 2.44. The number of halogens is 2. The summed E-state index contributed by atoms with van der Waals surface area (Å²) in [5.74, 6) is -2.45. The first kappa shape index (κ1) is 8.95. The van der Waals surface area contributed by atoms with Gasteiger partial charge in [0.1, 0.15) is 0 Å². The Bertz CT molecular complexity index is 131. The van der Waals surface area contributed by atoms with Crippen LogP contribution in [0.5, 0.6) is 0 Å². The molecule has 0 heterocycles. The third-order valence-corrected chi connectivity index (χ3v) is 2.42. The molecule has 0 spiro atoms. The molecule has 0 nitrogen and oxygen atoms in total. The molecule has 0 aliphatic heterocycles. The monoisotopic (exact) mass is 162 g/mol. The van der Waals surface area contributed by atoms with E-state index in [1.54, 1.807) is 0 Å². The minimum Gasteiger partial charge on any atom is -0.207 e. The molecule has 1 fully saturated rings. The van der Waals surface area contributed by atoms with Gasteiger partial charge in [-0.05, 0) is 31.6 Å². The topological polar surface area (TPSA) is 0 Å². The fourth-order valence-electron chi connectivity index (χ4n) is 1.88. The molecule has 0 N–H and O–H groups in total. The second kappa shape index (κ2) is 2.72. The Morgan fingerprint density at radius 2 is 1.91 bits per heavy atom. The van der Waals surface area contributed by atoms with Gasteiger partial charge in [0.05, 0.1) is 0 Å². The van der Waals surface area contributed by atoms with Crippen LogP contribution in [0.15, 0.2) is 0 Å².